The van der Waals surface area contributed by atoms with E-state index in [0.717, 1.165) is 31.6 Å². The first-order chi connectivity index (χ1) is 10.1. The number of quaternary nitrogens is 1. The van der Waals surface area contributed by atoms with E-state index in [-0.39, 0.29) is 5.56 Å². The Balaban J connectivity index is 2.21. The van der Waals surface area contributed by atoms with Crippen molar-refractivity contribution in [2.75, 3.05) is 13.1 Å². The van der Waals surface area contributed by atoms with Crippen molar-refractivity contribution in [3.05, 3.63) is 40.8 Å². The summed E-state index contributed by atoms with van der Waals surface area (Å²) < 4.78 is 13.5. The average Bonchev–Trinajstić information content (AvgIpc) is 2.45. The Kier molecular flexibility index (Phi) is 3.59. The van der Waals surface area contributed by atoms with Crippen LogP contribution in [0.1, 0.15) is 35.0 Å². The highest BCUT2D eigenvalue weighted by Gasteiger charge is 2.25. The molecule has 1 unspecified atom stereocenters. The minimum atomic E-state index is -1.25. The van der Waals surface area contributed by atoms with Crippen LogP contribution in [0.5, 0.6) is 0 Å². The van der Waals surface area contributed by atoms with E-state index < -0.39 is 11.8 Å². The predicted octanol–water partition coefficient (Wildman–Crippen LogP) is 0.0884. The van der Waals surface area contributed by atoms with Gasteiger partial charge in [-0.1, -0.05) is 6.92 Å². The number of carboxylic acids is 1. The van der Waals surface area contributed by atoms with Crippen LogP contribution in [-0.2, 0) is 13.0 Å². The molecule has 110 valence electrons. The number of nitrogens with zero attached hydrogens (tertiary/aromatic N) is 1. The summed E-state index contributed by atoms with van der Waals surface area (Å²) in [5, 5.41) is 11.9. The molecule has 1 aliphatic heterocycles. The molecule has 0 radical (unpaired) electrons. The Morgan fingerprint density at radius 1 is 1.48 bits per heavy atom. The Morgan fingerprint density at radius 3 is 3.00 bits per heavy atom. The summed E-state index contributed by atoms with van der Waals surface area (Å²) in [6, 6.07) is 4.07. The van der Waals surface area contributed by atoms with Gasteiger partial charge in [-0.05, 0) is 24.6 Å². The van der Waals surface area contributed by atoms with Crippen LogP contribution in [0, 0.1) is 5.82 Å². The van der Waals surface area contributed by atoms with Crippen molar-refractivity contribution >= 4 is 16.9 Å². The molecule has 21 heavy (non-hydrogen) atoms. The van der Waals surface area contributed by atoms with Gasteiger partial charge in [-0.25, -0.2) is 4.39 Å². The van der Waals surface area contributed by atoms with Crippen LogP contribution in [0.15, 0.2) is 18.2 Å². The van der Waals surface area contributed by atoms with Gasteiger partial charge in [0.1, 0.15) is 12.4 Å². The molecule has 0 amide bonds. The molecule has 2 heterocycles. The van der Waals surface area contributed by atoms with Crippen LogP contribution in [0.25, 0.3) is 10.9 Å². The van der Waals surface area contributed by atoms with Crippen molar-refractivity contribution in [2.45, 2.75) is 26.3 Å². The van der Waals surface area contributed by atoms with Crippen LogP contribution in [0.4, 0.5) is 4.39 Å². The van der Waals surface area contributed by atoms with Crippen LogP contribution in [0.3, 0.4) is 0 Å². The summed E-state index contributed by atoms with van der Waals surface area (Å²) in [4.78, 5) is 17.5. The fourth-order valence-corrected chi connectivity index (χ4v) is 3.16. The van der Waals surface area contributed by atoms with Crippen molar-refractivity contribution < 1.29 is 19.2 Å². The lowest BCUT2D eigenvalue weighted by Gasteiger charge is -2.27. The zero-order valence-electron chi connectivity index (χ0n) is 11.9. The highest BCUT2D eigenvalue weighted by atomic mass is 19.1. The van der Waals surface area contributed by atoms with Gasteiger partial charge < -0.3 is 14.8 Å². The highest BCUT2D eigenvalue weighted by Crippen LogP contribution is 2.25. The Hall–Kier alpha value is -2.01. The molecule has 2 aromatic rings. The fraction of sp³-hybridized carbons (Fsp3) is 0.375. The molecule has 0 spiro atoms. The monoisotopic (exact) mass is 288 g/mol. The molecule has 3 rings (SSSR count). The van der Waals surface area contributed by atoms with Gasteiger partial charge >= 0.3 is 0 Å². The summed E-state index contributed by atoms with van der Waals surface area (Å²) >= 11 is 0. The molecule has 5 heteroatoms. The van der Waals surface area contributed by atoms with Crippen molar-refractivity contribution in [1.82, 2.24) is 4.98 Å². The molecule has 4 nitrogen and oxygen atoms in total. The second kappa shape index (κ2) is 5.41. The molecular formula is C16H17FN2O2. The number of aromatic nitrogens is 1. The van der Waals surface area contributed by atoms with Gasteiger partial charge in [0.2, 0.25) is 0 Å². The molecule has 1 aliphatic rings. The maximum Gasteiger partial charge on any atom is 0.123 e. The largest absolute Gasteiger partial charge is 0.545 e. The number of carbonyl (C=O) groups is 1. The van der Waals surface area contributed by atoms with Crippen molar-refractivity contribution in [3.8, 4) is 0 Å². The second-order valence-electron chi connectivity index (χ2n) is 5.54. The molecule has 0 aliphatic carbocycles. The Labute approximate surface area is 122 Å². The van der Waals surface area contributed by atoms with Gasteiger partial charge in [0.05, 0.1) is 30.3 Å². The van der Waals surface area contributed by atoms with Crippen LogP contribution in [0.2, 0.25) is 0 Å². The number of rotatable bonds is 3. The molecular weight excluding hydrogens is 271 g/mol. The minimum absolute atomic E-state index is 0.114. The third kappa shape index (κ3) is 2.49. The van der Waals surface area contributed by atoms with Gasteiger partial charge in [-0.15, -0.1) is 0 Å². The number of pyridine rings is 1. The molecule has 0 bridgehead atoms. The van der Waals surface area contributed by atoms with Gasteiger partial charge in [0.25, 0.3) is 0 Å². The summed E-state index contributed by atoms with van der Waals surface area (Å²) in [7, 11) is 0. The molecule has 1 aromatic carbocycles. The zero-order valence-corrected chi connectivity index (χ0v) is 11.9. The minimum Gasteiger partial charge on any atom is -0.545 e. The molecule has 0 saturated heterocycles. The van der Waals surface area contributed by atoms with E-state index in [0.29, 0.717) is 23.0 Å². The molecule has 0 fully saturated rings. The maximum absolute atomic E-state index is 13.5. The first-order valence-corrected chi connectivity index (χ1v) is 7.26. The van der Waals surface area contributed by atoms with Crippen LogP contribution < -0.4 is 10.0 Å². The van der Waals surface area contributed by atoms with Gasteiger partial charge in [-0.3, -0.25) is 4.98 Å². The quantitative estimate of drug-likeness (QED) is 0.871. The lowest BCUT2D eigenvalue weighted by atomic mass is 9.95. The van der Waals surface area contributed by atoms with Gasteiger partial charge in [0, 0.05) is 22.9 Å². The first kappa shape index (κ1) is 13.9. The van der Waals surface area contributed by atoms with E-state index in [2.05, 4.69) is 11.9 Å². The number of halogens is 1. The number of hydrogen-bond acceptors (Lipinski definition) is 3. The van der Waals surface area contributed by atoms with Gasteiger partial charge in [-0.2, -0.15) is 0 Å². The standard InChI is InChI=1S/C16H17FN2O2/c1-2-6-19-7-5-14-12(9-19)15(16(20)21)11-8-10(17)3-4-13(11)18-14/h3-4,8H,2,5-7,9H2,1H3,(H,20,21). The van der Waals surface area contributed by atoms with E-state index in [4.69, 9.17) is 0 Å². The van der Waals surface area contributed by atoms with Crippen molar-refractivity contribution in [1.29, 1.82) is 0 Å². The maximum atomic E-state index is 13.5. The average molecular weight is 288 g/mol. The number of carboxylic acid groups (broad SMARTS) is 1. The highest BCUT2D eigenvalue weighted by molar-refractivity contribution is 6.03. The van der Waals surface area contributed by atoms with E-state index in [1.54, 1.807) is 0 Å². The van der Waals surface area contributed by atoms with Crippen molar-refractivity contribution in [3.63, 3.8) is 0 Å². The summed E-state index contributed by atoms with van der Waals surface area (Å²) in [6.07, 6.45) is 1.79. The number of fused-ring (bicyclic) bond motifs is 2. The summed E-state index contributed by atoms with van der Waals surface area (Å²) in [5.74, 6) is -1.71. The number of nitrogens with one attached hydrogen (secondary N) is 1. The van der Waals surface area contributed by atoms with Gasteiger partial charge in [0.15, 0.2) is 0 Å². The number of benzene rings is 1. The molecule has 1 aromatic heterocycles. The topological polar surface area (TPSA) is 57.5 Å². The smallest absolute Gasteiger partial charge is 0.123 e. The molecule has 1 N–H and O–H groups in total. The van der Waals surface area contributed by atoms with E-state index in [1.807, 2.05) is 0 Å². The Morgan fingerprint density at radius 2 is 2.29 bits per heavy atom. The zero-order chi connectivity index (χ0) is 15.0. The third-order valence-corrected chi connectivity index (χ3v) is 4.08. The lowest BCUT2D eigenvalue weighted by Crippen LogP contribution is -3.11. The SMILES string of the molecule is CCC[NH+]1CCc2nc3ccc(F)cc3c(C(=O)[O-])c2C1. The normalized spacial score (nSPS) is 17.7. The number of carbonyl (C=O) groups excluding carboxylic acids is 1. The van der Waals surface area contributed by atoms with E-state index in [9.17, 15) is 14.3 Å². The van der Waals surface area contributed by atoms with Crippen molar-refractivity contribution in [2.24, 2.45) is 0 Å². The summed E-state index contributed by atoms with van der Waals surface area (Å²) in [6.45, 7) is 4.67. The fourth-order valence-electron chi connectivity index (χ4n) is 3.16. The molecule has 0 saturated carbocycles. The predicted molar refractivity (Wildman–Crippen MR) is 74.4 cm³/mol. The van der Waals surface area contributed by atoms with Crippen LogP contribution >= 0.6 is 0 Å². The number of aromatic carboxylic acids is 1. The first-order valence-electron chi connectivity index (χ1n) is 7.26. The molecule has 1 atom stereocenters. The Bertz CT molecular complexity index is 715. The summed E-state index contributed by atoms with van der Waals surface area (Å²) in [5.41, 5.74) is 2.16. The van der Waals surface area contributed by atoms with E-state index in [1.165, 1.54) is 23.1 Å². The van der Waals surface area contributed by atoms with E-state index >= 15 is 0 Å². The lowest BCUT2D eigenvalue weighted by molar-refractivity contribution is -0.916. The number of hydrogen-bond donors (Lipinski definition) is 1. The second-order valence-corrected chi connectivity index (χ2v) is 5.54. The van der Waals surface area contributed by atoms with Crippen LogP contribution in [-0.4, -0.2) is 24.0 Å². The third-order valence-electron chi connectivity index (χ3n) is 4.08.